The number of nitrogens with zero attached hydrogens (tertiary/aromatic N) is 5. The van der Waals surface area contributed by atoms with Crippen LogP contribution in [0.1, 0.15) is 17.2 Å². The molecule has 0 spiro atoms. The molecule has 42 heavy (non-hydrogen) atoms. The van der Waals surface area contributed by atoms with Crippen LogP contribution in [0, 0.1) is 0 Å². The quantitative estimate of drug-likeness (QED) is 0.282. The maximum Gasteiger partial charge on any atom is 0.251 e. The van der Waals surface area contributed by atoms with Gasteiger partial charge >= 0.3 is 0 Å². The SMILES string of the molecule is O=C(Nc1ccc(N2CCOCC2)cc1)[C@H](c1ccccc1)N(Cc1ccccc1)C(=O)Cn1nnc2ccccc21. The minimum atomic E-state index is -0.882. The monoisotopic (exact) mass is 560 g/mol. The minimum absolute atomic E-state index is 0.0573. The number of benzene rings is 4. The number of morpholine rings is 1. The molecule has 2 amide bonds. The third-order valence-electron chi connectivity index (χ3n) is 7.41. The number of carbonyl (C=O) groups is 2. The molecule has 1 aromatic heterocycles. The molecule has 1 saturated heterocycles. The average molecular weight is 561 g/mol. The van der Waals surface area contributed by atoms with Gasteiger partial charge in [0, 0.05) is 31.0 Å². The van der Waals surface area contributed by atoms with Crippen LogP contribution in [0.25, 0.3) is 11.0 Å². The van der Waals surface area contributed by atoms with Crippen molar-refractivity contribution in [1.82, 2.24) is 19.9 Å². The lowest BCUT2D eigenvalue weighted by atomic mass is 10.0. The van der Waals surface area contributed by atoms with Crippen LogP contribution in [-0.2, 0) is 27.4 Å². The number of para-hydroxylation sites is 1. The third kappa shape index (κ3) is 6.16. The molecule has 1 atom stereocenters. The van der Waals surface area contributed by atoms with E-state index in [9.17, 15) is 9.59 Å². The van der Waals surface area contributed by atoms with E-state index >= 15 is 0 Å². The van der Waals surface area contributed by atoms with Crippen LogP contribution >= 0.6 is 0 Å². The molecule has 4 aromatic carbocycles. The molecule has 1 N–H and O–H groups in total. The number of hydrogen-bond donors (Lipinski definition) is 1. The van der Waals surface area contributed by atoms with E-state index in [0.717, 1.165) is 29.9 Å². The molecule has 1 aliphatic rings. The van der Waals surface area contributed by atoms with Gasteiger partial charge in [-0.3, -0.25) is 9.59 Å². The number of fused-ring (bicyclic) bond motifs is 1. The Morgan fingerprint density at radius 2 is 1.50 bits per heavy atom. The summed E-state index contributed by atoms with van der Waals surface area (Å²) in [6.07, 6.45) is 0. The van der Waals surface area contributed by atoms with Gasteiger partial charge in [0.25, 0.3) is 5.91 Å². The molecule has 1 fully saturated rings. The fraction of sp³-hybridized carbons (Fsp3) is 0.212. The van der Waals surface area contributed by atoms with Crippen LogP contribution in [0.3, 0.4) is 0 Å². The van der Waals surface area contributed by atoms with Crippen LogP contribution in [0.4, 0.5) is 11.4 Å². The fourth-order valence-corrected chi connectivity index (χ4v) is 5.25. The summed E-state index contributed by atoms with van der Waals surface area (Å²) in [4.78, 5) is 32.1. The summed E-state index contributed by atoms with van der Waals surface area (Å²) >= 11 is 0. The molecule has 1 aliphatic heterocycles. The van der Waals surface area contributed by atoms with Gasteiger partial charge < -0.3 is 19.9 Å². The van der Waals surface area contributed by atoms with Gasteiger partial charge in [-0.1, -0.05) is 78.0 Å². The highest BCUT2D eigenvalue weighted by molar-refractivity contribution is 5.98. The summed E-state index contributed by atoms with van der Waals surface area (Å²) in [6.45, 7) is 3.26. The summed E-state index contributed by atoms with van der Waals surface area (Å²) in [5.74, 6) is -0.547. The zero-order chi connectivity index (χ0) is 28.7. The molecular weight excluding hydrogens is 528 g/mol. The minimum Gasteiger partial charge on any atom is -0.378 e. The number of amides is 2. The Bertz CT molecular complexity index is 1630. The first-order valence-corrected chi connectivity index (χ1v) is 14.1. The second kappa shape index (κ2) is 12.7. The average Bonchev–Trinajstić information content (AvgIpc) is 3.45. The number of carbonyl (C=O) groups excluding carboxylic acids is 2. The molecule has 6 rings (SSSR count). The van der Waals surface area contributed by atoms with Gasteiger partial charge in [-0.15, -0.1) is 5.10 Å². The Kier molecular flexibility index (Phi) is 8.19. The van der Waals surface area contributed by atoms with E-state index < -0.39 is 6.04 Å². The third-order valence-corrected chi connectivity index (χ3v) is 7.41. The highest BCUT2D eigenvalue weighted by atomic mass is 16.5. The molecule has 9 nitrogen and oxygen atoms in total. The number of anilines is 2. The van der Waals surface area contributed by atoms with Crippen LogP contribution in [-0.4, -0.2) is 58.0 Å². The van der Waals surface area contributed by atoms with Gasteiger partial charge in [-0.05, 0) is 47.5 Å². The first kappa shape index (κ1) is 27.2. The summed E-state index contributed by atoms with van der Waals surface area (Å²) in [6, 6.07) is 33.5. The van der Waals surface area contributed by atoms with E-state index in [1.165, 1.54) is 0 Å². The highest BCUT2D eigenvalue weighted by Gasteiger charge is 2.32. The van der Waals surface area contributed by atoms with Crippen molar-refractivity contribution < 1.29 is 14.3 Å². The summed E-state index contributed by atoms with van der Waals surface area (Å²) in [5, 5.41) is 11.5. The van der Waals surface area contributed by atoms with E-state index in [0.29, 0.717) is 30.0 Å². The second-order valence-corrected chi connectivity index (χ2v) is 10.2. The Morgan fingerprint density at radius 1 is 0.833 bits per heavy atom. The largest absolute Gasteiger partial charge is 0.378 e. The summed E-state index contributed by atoms with van der Waals surface area (Å²) in [7, 11) is 0. The molecule has 212 valence electrons. The van der Waals surface area contributed by atoms with Crippen molar-refractivity contribution in [3.63, 3.8) is 0 Å². The zero-order valence-electron chi connectivity index (χ0n) is 23.2. The lowest BCUT2D eigenvalue weighted by Crippen LogP contribution is -2.42. The van der Waals surface area contributed by atoms with Crippen molar-refractivity contribution >= 4 is 34.2 Å². The number of hydrogen-bond acceptors (Lipinski definition) is 6. The van der Waals surface area contributed by atoms with Crippen molar-refractivity contribution in [2.24, 2.45) is 0 Å². The molecule has 9 heteroatoms. The van der Waals surface area contributed by atoms with Crippen molar-refractivity contribution in [3.05, 3.63) is 120 Å². The number of aromatic nitrogens is 3. The molecule has 0 bridgehead atoms. The lowest BCUT2D eigenvalue weighted by molar-refractivity contribution is -0.140. The Morgan fingerprint density at radius 3 is 2.24 bits per heavy atom. The summed E-state index contributed by atoms with van der Waals surface area (Å²) < 4.78 is 7.05. The summed E-state index contributed by atoms with van der Waals surface area (Å²) in [5.41, 5.74) is 4.83. The van der Waals surface area contributed by atoms with Crippen LogP contribution < -0.4 is 10.2 Å². The van der Waals surface area contributed by atoms with E-state index in [4.69, 9.17) is 4.74 Å². The Balaban J connectivity index is 1.31. The highest BCUT2D eigenvalue weighted by Crippen LogP contribution is 2.27. The maximum atomic E-state index is 14.1. The van der Waals surface area contributed by atoms with Gasteiger partial charge in [-0.2, -0.15) is 0 Å². The van der Waals surface area contributed by atoms with Crippen molar-refractivity contribution in [2.75, 3.05) is 36.5 Å². The van der Waals surface area contributed by atoms with Gasteiger partial charge in [0.1, 0.15) is 18.1 Å². The molecule has 0 radical (unpaired) electrons. The van der Waals surface area contributed by atoms with E-state index in [1.54, 1.807) is 9.58 Å². The van der Waals surface area contributed by atoms with Crippen LogP contribution in [0.15, 0.2) is 109 Å². The molecule has 2 heterocycles. The normalized spacial score (nSPS) is 14.0. The van der Waals surface area contributed by atoms with Gasteiger partial charge in [-0.25, -0.2) is 4.68 Å². The molecule has 0 unspecified atom stereocenters. The van der Waals surface area contributed by atoms with Crippen LogP contribution in [0.2, 0.25) is 0 Å². The standard InChI is InChI=1S/C33H32N6O3/c40-31(24-39-30-14-8-7-13-29(30)35-36-39)38(23-25-9-3-1-4-10-25)32(26-11-5-2-6-12-26)33(41)34-27-15-17-28(18-16-27)37-19-21-42-22-20-37/h1-18,32H,19-24H2,(H,34,41)/t32-/m0/s1. The van der Waals surface area contributed by atoms with Crippen LogP contribution in [0.5, 0.6) is 0 Å². The molecule has 5 aromatic rings. The lowest BCUT2D eigenvalue weighted by Gasteiger charge is -2.32. The maximum absolute atomic E-state index is 14.1. The van der Waals surface area contributed by atoms with Gasteiger partial charge in [0.2, 0.25) is 5.91 Å². The predicted octanol–water partition coefficient (Wildman–Crippen LogP) is 4.68. The Labute approximate surface area is 244 Å². The number of ether oxygens (including phenoxy) is 1. The molecule has 0 saturated carbocycles. The number of nitrogens with one attached hydrogen (secondary N) is 1. The zero-order valence-corrected chi connectivity index (χ0v) is 23.2. The number of rotatable bonds is 9. The van der Waals surface area contributed by atoms with Gasteiger partial charge in [0.15, 0.2) is 0 Å². The first-order valence-electron chi connectivity index (χ1n) is 14.1. The van der Waals surface area contributed by atoms with E-state index in [-0.39, 0.29) is 24.9 Å². The smallest absolute Gasteiger partial charge is 0.251 e. The van der Waals surface area contributed by atoms with Crippen molar-refractivity contribution in [2.45, 2.75) is 19.1 Å². The topological polar surface area (TPSA) is 92.6 Å². The molecule has 0 aliphatic carbocycles. The van der Waals surface area contributed by atoms with Gasteiger partial charge in [0.05, 0.1) is 18.7 Å². The van der Waals surface area contributed by atoms with Crippen molar-refractivity contribution in [3.8, 4) is 0 Å². The van der Waals surface area contributed by atoms with E-state index in [1.807, 2.05) is 109 Å². The fourth-order valence-electron chi connectivity index (χ4n) is 5.25. The first-order chi connectivity index (χ1) is 20.7. The van der Waals surface area contributed by atoms with E-state index in [2.05, 4.69) is 20.5 Å². The molecular formula is C33H32N6O3. The second-order valence-electron chi connectivity index (χ2n) is 10.2. The predicted molar refractivity (Wildman–Crippen MR) is 162 cm³/mol. The van der Waals surface area contributed by atoms with Crippen molar-refractivity contribution in [1.29, 1.82) is 0 Å². The Hall–Kier alpha value is -5.02.